The van der Waals surface area contributed by atoms with Crippen LogP contribution in [0.5, 0.6) is 0 Å². The third-order valence-corrected chi connectivity index (χ3v) is 3.80. The second-order valence-electron chi connectivity index (χ2n) is 5.27. The predicted octanol–water partition coefficient (Wildman–Crippen LogP) is 1.36. The Kier molecular flexibility index (Phi) is 5.40. The molecule has 0 bridgehead atoms. The molecule has 0 aromatic carbocycles. The van der Waals surface area contributed by atoms with Gasteiger partial charge in [-0.25, -0.2) is 0 Å². The minimum atomic E-state index is -0.0909. The SMILES string of the molecule is CCOC(=O)CCN(C)CC1(N(C)C)CCC1. The molecule has 1 fully saturated rings. The van der Waals surface area contributed by atoms with Crippen molar-refractivity contribution in [3.05, 3.63) is 0 Å². The Morgan fingerprint density at radius 1 is 1.29 bits per heavy atom. The summed E-state index contributed by atoms with van der Waals surface area (Å²) in [5.41, 5.74) is 0.337. The van der Waals surface area contributed by atoms with Crippen molar-refractivity contribution < 1.29 is 9.53 Å². The molecule has 0 aliphatic heterocycles. The van der Waals surface area contributed by atoms with Crippen LogP contribution in [0.4, 0.5) is 0 Å². The van der Waals surface area contributed by atoms with Gasteiger partial charge in [-0.05, 0) is 47.3 Å². The van der Waals surface area contributed by atoms with E-state index in [0.29, 0.717) is 18.6 Å². The van der Waals surface area contributed by atoms with Gasteiger partial charge >= 0.3 is 5.97 Å². The number of esters is 1. The van der Waals surface area contributed by atoms with Crippen LogP contribution in [0.25, 0.3) is 0 Å². The summed E-state index contributed by atoms with van der Waals surface area (Å²) in [5, 5.41) is 0. The van der Waals surface area contributed by atoms with E-state index in [1.807, 2.05) is 6.92 Å². The van der Waals surface area contributed by atoms with Gasteiger partial charge in [-0.2, -0.15) is 0 Å². The van der Waals surface area contributed by atoms with Crippen LogP contribution < -0.4 is 0 Å². The first-order valence-electron chi connectivity index (χ1n) is 6.52. The smallest absolute Gasteiger partial charge is 0.307 e. The van der Waals surface area contributed by atoms with Crippen LogP contribution in [0, 0.1) is 0 Å². The molecule has 100 valence electrons. The Morgan fingerprint density at radius 3 is 2.35 bits per heavy atom. The van der Waals surface area contributed by atoms with Gasteiger partial charge in [-0.3, -0.25) is 4.79 Å². The van der Waals surface area contributed by atoms with E-state index >= 15 is 0 Å². The maximum Gasteiger partial charge on any atom is 0.307 e. The molecule has 0 aromatic rings. The van der Waals surface area contributed by atoms with Crippen molar-refractivity contribution in [1.82, 2.24) is 9.80 Å². The van der Waals surface area contributed by atoms with Crippen molar-refractivity contribution in [2.45, 2.75) is 38.1 Å². The highest BCUT2D eigenvalue weighted by atomic mass is 16.5. The fraction of sp³-hybridized carbons (Fsp3) is 0.923. The first-order valence-corrected chi connectivity index (χ1v) is 6.52. The molecule has 1 aliphatic rings. The Labute approximate surface area is 105 Å². The molecule has 0 N–H and O–H groups in total. The van der Waals surface area contributed by atoms with Crippen LogP contribution in [0.3, 0.4) is 0 Å². The van der Waals surface area contributed by atoms with E-state index in [-0.39, 0.29) is 5.97 Å². The van der Waals surface area contributed by atoms with E-state index in [1.165, 1.54) is 19.3 Å². The molecule has 0 radical (unpaired) electrons. The van der Waals surface area contributed by atoms with E-state index in [1.54, 1.807) is 0 Å². The maximum absolute atomic E-state index is 11.3. The topological polar surface area (TPSA) is 32.8 Å². The minimum Gasteiger partial charge on any atom is -0.466 e. The molecule has 1 rings (SSSR count). The van der Waals surface area contributed by atoms with Crippen LogP contribution in [0.2, 0.25) is 0 Å². The zero-order valence-electron chi connectivity index (χ0n) is 11.7. The van der Waals surface area contributed by atoms with E-state index in [4.69, 9.17) is 4.74 Å². The van der Waals surface area contributed by atoms with Crippen LogP contribution >= 0.6 is 0 Å². The summed E-state index contributed by atoms with van der Waals surface area (Å²) in [6.45, 7) is 4.15. The quantitative estimate of drug-likeness (QED) is 0.631. The van der Waals surface area contributed by atoms with Crippen molar-refractivity contribution in [3.63, 3.8) is 0 Å². The number of hydrogen-bond donors (Lipinski definition) is 0. The van der Waals surface area contributed by atoms with Crippen LogP contribution in [-0.4, -0.2) is 62.1 Å². The summed E-state index contributed by atoms with van der Waals surface area (Å²) in [4.78, 5) is 15.8. The summed E-state index contributed by atoms with van der Waals surface area (Å²) in [7, 11) is 6.39. The monoisotopic (exact) mass is 242 g/mol. The van der Waals surface area contributed by atoms with Gasteiger partial charge in [0.25, 0.3) is 0 Å². The first kappa shape index (κ1) is 14.5. The molecule has 0 saturated heterocycles. The van der Waals surface area contributed by atoms with Gasteiger partial charge in [-0.1, -0.05) is 0 Å². The van der Waals surface area contributed by atoms with Gasteiger partial charge in [0.1, 0.15) is 0 Å². The van der Waals surface area contributed by atoms with Gasteiger partial charge < -0.3 is 14.5 Å². The van der Waals surface area contributed by atoms with E-state index in [9.17, 15) is 4.79 Å². The van der Waals surface area contributed by atoms with E-state index in [0.717, 1.165) is 13.1 Å². The fourth-order valence-corrected chi connectivity index (χ4v) is 2.43. The lowest BCUT2D eigenvalue weighted by atomic mass is 9.75. The lowest BCUT2D eigenvalue weighted by Crippen LogP contribution is -2.56. The average molecular weight is 242 g/mol. The number of hydrogen-bond acceptors (Lipinski definition) is 4. The largest absolute Gasteiger partial charge is 0.466 e. The normalized spacial score (nSPS) is 18.2. The third-order valence-electron chi connectivity index (χ3n) is 3.80. The summed E-state index contributed by atoms with van der Waals surface area (Å²) in [6.07, 6.45) is 4.35. The lowest BCUT2D eigenvalue weighted by Gasteiger charge is -2.49. The molecule has 1 saturated carbocycles. The number of rotatable bonds is 7. The highest BCUT2D eigenvalue weighted by molar-refractivity contribution is 5.69. The number of carbonyl (C=O) groups is 1. The van der Waals surface area contributed by atoms with Gasteiger partial charge in [-0.15, -0.1) is 0 Å². The molecule has 0 amide bonds. The predicted molar refractivity (Wildman–Crippen MR) is 69.0 cm³/mol. The maximum atomic E-state index is 11.3. The molecule has 0 aromatic heterocycles. The number of likely N-dealkylation sites (N-methyl/N-ethyl adjacent to an activating group) is 2. The van der Waals surface area contributed by atoms with Crippen molar-refractivity contribution in [2.75, 3.05) is 40.8 Å². The van der Waals surface area contributed by atoms with Gasteiger partial charge in [0.15, 0.2) is 0 Å². The zero-order valence-corrected chi connectivity index (χ0v) is 11.7. The number of ether oxygens (including phenoxy) is 1. The lowest BCUT2D eigenvalue weighted by molar-refractivity contribution is -0.143. The molecule has 0 atom stereocenters. The van der Waals surface area contributed by atoms with Gasteiger partial charge in [0.2, 0.25) is 0 Å². The van der Waals surface area contributed by atoms with Gasteiger partial charge in [0.05, 0.1) is 13.0 Å². The van der Waals surface area contributed by atoms with Crippen molar-refractivity contribution in [2.24, 2.45) is 0 Å². The molecule has 0 unspecified atom stereocenters. The number of nitrogens with zero attached hydrogens (tertiary/aromatic N) is 2. The molecule has 0 spiro atoms. The zero-order chi connectivity index (χ0) is 12.9. The Hall–Kier alpha value is -0.610. The Bertz CT molecular complexity index is 250. The van der Waals surface area contributed by atoms with Crippen LogP contribution in [0.15, 0.2) is 0 Å². The molecule has 17 heavy (non-hydrogen) atoms. The highest BCUT2D eigenvalue weighted by Crippen LogP contribution is 2.36. The molecule has 1 aliphatic carbocycles. The van der Waals surface area contributed by atoms with Crippen molar-refractivity contribution in [3.8, 4) is 0 Å². The van der Waals surface area contributed by atoms with E-state index < -0.39 is 0 Å². The number of carbonyl (C=O) groups excluding carboxylic acids is 1. The van der Waals surface area contributed by atoms with Crippen molar-refractivity contribution >= 4 is 5.97 Å². The molecular weight excluding hydrogens is 216 g/mol. The Balaban J connectivity index is 2.29. The molecular formula is C13H26N2O2. The average Bonchev–Trinajstić information content (AvgIpc) is 2.20. The summed E-state index contributed by atoms with van der Waals surface area (Å²) < 4.78 is 4.93. The summed E-state index contributed by atoms with van der Waals surface area (Å²) >= 11 is 0. The summed E-state index contributed by atoms with van der Waals surface area (Å²) in [6, 6.07) is 0. The molecule has 4 heteroatoms. The van der Waals surface area contributed by atoms with Crippen molar-refractivity contribution in [1.29, 1.82) is 0 Å². The highest BCUT2D eigenvalue weighted by Gasteiger charge is 2.39. The molecule has 0 heterocycles. The standard InChI is InChI=1S/C13H26N2O2/c1-5-17-12(16)7-10-15(4)11-13(14(2)3)8-6-9-13/h5-11H2,1-4H3. The fourth-order valence-electron chi connectivity index (χ4n) is 2.43. The van der Waals surface area contributed by atoms with E-state index in [2.05, 4.69) is 30.9 Å². The Morgan fingerprint density at radius 2 is 1.94 bits per heavy atom. The second-order valence-corrected chi connectivity index (χ2v) is 5.27. The van der Waals surface area contributed by atoms with Gasteiger partial charge in [0, 0.05) is 18.6 Å². The molecule has 4 nitrogen and oxygen atoms in total. The van der Waals surface area contributed by atoms with Crippen LogP contribution in [-0.2, 0) is 9.53 Å². The summed E-state index contributed by atoms with van der Waals surface area (Å²) in [5.74, 6) is -0.0909. The minimum absolute atomic E-state index is 0.0909. The second kappa shape index (κ2) is 6.36. The third kappa shape index (κ3) is 3.96. The van der Waals surface area contributed by atoms with Crippen LogP contribution in [0.1, 0.15) is 32.6 Å². The first-order chi connectivity index (χ1) is 8.00.